The van der Waals surface area contributed by atoms with Crippen molar-refractivity contribution in [3.8, 4) is 0 Å². The standard InChI is InChI=1S/C13H18O2/c1-8(2)7-11(13(14)15)12(9(3)4)10(5)6/h1,3,5,7H2,2,4,6H3,(H,14,15). The summed E-state index contributed by atoms with van der Waals surface area (Å²) in [7, 11) is 0. The second-order valence-corrected chi connectivity index (χ2v) is 3.85. The van der Waals surface area contributed by atoms with Crippen LogP contribution in [0.2, 0.25) is 0 Å². The Hall–Kier alpha value is -1.57. The van der Waals surface area contributed by atoms with Crippen LogP contribution in [0.3, 0.4) is 0 Å². The summed E-state index contributed by atoms with van der Waals surface area (Å²) >= 11 is 0. The van der Waals surface area contributed by atoms with E-state index in [-0.39, 0.29) is 0 Å². The largest absolute Gasteiger partial charge is 0.478 e. The molecule has 1 N–H and O–H groups in total. The van der Waals surface area contributed by atoms with Gasteiger partial charge < -0.3 is 5.11 Å². The van der Waals surface area contributed by atoms with Crippen LogP contribution < -0.4 is 0 Å². The van der Waals surface area contributed by atoms with E-state index in [9.17, 15) is 4.79 Å². The lowest BCUT2D eigenvalue weighted by Crippen LogP contribution is -2.06. The second-order valence-electron chi connectivity index (χ2n) is 3.85. The first-order valence-electron chi connectivity index (χ1n) is 4.70. The van der Waals surface area contributed by atoms with Gasteiger partial charge in [0.15, 0.2) is 0 Å². The first kappa shape index (κ1) is 13.4. The summed E-state index contributed by atoms with van der Waals surface area (Å²) in [5, 5.41) is 9.11. The van der Waals surface area contributed by atoms with Gasteiger partial charge in [-0.3, -0.25) is 0 Å². The van der Waals surface area contributed by atoms with Crippen LogP contribution >= 0.6 is 0 Å². The highest BCUT2D eigenvalue weighted by Gasteiger charge is 2.15. The summed E-state index contributed by atoms with van der Waals surface area (Å²) < 4.78 is 0. The van der Waals surface area contributed by atoms with Crippen LogP contribution in [-0.2, 0) is 4.79 Å². The molecule has 0 fully saturated rings. The van der Waals surface area contributed by atoms with Crippen molar-refractivity contribution in [2.45, 2.75) is 27.2 Å². The third kappa shape index (κ3) is 3.98. The first-order chi connectivity index (χ1) is 6.77. The topological polar surface area (TPSA) is 37.3 Å². The fraction of sp³-hybridized carbons (Fsp3) is 0.308. The predicted octanol–water partition coefficient (Wildman–Crippen LogP) is 3.49. The van der Waals surface area contributed by atoms with Crippen LogP contribution in [0.4, 0.5) is 0 Å². The average molecular weight is 206 g/mol. The molecule has 82 valence electrons. The van der Waals surface area contributed by atoms with Crippen LogP contribution in [-0.4, -0.2) is 11.1 Å². The molecule has 0 bridgehead atoms. The first-order valence-corrected chi connectivity index (χ1v) is 4.70. The minimum atomic E-state index is -0.931. The van der Waals surface area contributed by atoms with Crippen molar-refractivity contribution in [2.75, 3.05) is 0 Å². The molecule has 15 heavy (non-hydrogen) atoms. The Balaban J connectivity index is 5.56. The Kier molecular flexibility index (Phi) is 4.79. The van der Waals surface area contributed by atoms with Crippen molar-refractivity contribution in [1.82, 2.24) is 0 Å². The Morgan fingerprint density at radius 1 is 1.07 bits per heavy atom. The van der Waals surface area contributed by atoms with Crippen molar-refractivity contribution in [1.29, 1.82) is 0 Å². The number of carboxylic acid groups (broad SMARTS) is 1. The zero-order valence-corrected chi connectivity index (χ0v) is 9.68. The molecule has 0 aliphatic carbocycles. The van der Waals surface area contributed by atoms with Gasteiger partial charge in [0.25, 0.3) is 0 Å². The lowest BCUT2D eigenvalue weighted by molar-refractivity contribution is -0.132. The van der Waals surface area contributed by atoms with Gasteiger partial charge in [0, 0.05) is 12.0 Å². The highest BCUT2D eigenvalue weighted by Crippen LogP contribution is 2.24. The lowest BCUT2D eigenvalue weighted by Gasteiger charge is -2.12. The number of aliphatic carboxylic acids is 1. The molecule has 0 radical (unpaired) electrons. The Labute approximate surface area is 91.3 Å². The molecule has 0 rings (SSSR count). The average Bonchev–Trinajstić information content (AvgIpc) is 2.00. The predicted molar refractivity (Wildman–Crippen MR) is 63.7 cm³/mol. The van der Waals surface area contributed by atoms with E-state index >= 15 is 0 Å². The summed E-state index contributed by atoms with van der Waals surface area (Å²) in [5.41, 5.74) is 3.22. The number of hydrogen-bond acceptors (Lipinski definition) is 1. The van der Waals surface area contributed by atoms with E-state index in [1.54, 1.807) is 20.8 Å². The van der Waals surface area contributed by atoms with E-state index in [1.165, 1.54) is 0 Å². The van der Waals surface area contributed by atoms with Crippen LogP contribution in [0, 0.1) is 0 Å². The fourth-order valence-electron chi connectivity index (χ4n) is 1.45. The monoisotopic (exact) mass is 206 g/mol. The maximum absolute atomic E-state index is 11.1. The highest BCUT2D eigenvalue weighted by atomic mass is 16.4. The quantitative estimate of drug-likeness (QED) is 0.425. The smallest absolute Gasteiger partial charge is 0.332 e. The van der Waals surface area contributed by atoms with Gasteiger partial charge in [-0.15, -0.1) is 0 Å². The van der Waals surface area contributed by atoms with E-state index < -0.39 is 5.97 Å². The van der Waals surface area contributed by atoms with E-state index in [0.717, 1.165) is 16.7 Å². The maximum Gasteiger partial charge on any atom is 0.332 e. The molecule has 0 aliphatic rings. The molecule has 0 saturated heterocycles. The second kappa shape index (κ2) is 5.35. The van der Waals surface area contributed by atoms with Gasteiger partial charge in [-0.1, -0.05) is 36.5 Å². The molecule has 0 spiro atoms. The third-order valence-corrected chi connectivity index (χ3v) is 1.89. The maximum atomic E-state index is 11.1. The minimum Gasteiger partial charge on any atom is -0.478 e. The molecular weight excluding hydrogens is 188 g/mol. The molecule has 0 amide bonds. The van der Waals surface area contributed by atoms with Gasteiger partial charge in [0.2, 0.25) is 0 Å². The SMILES string of the molecule is C=C(C)CC(C(=O)O)=C(C(=C)C)C(=C)C. The number of rotatable bonds is 5. The van der Waals surface area contributed by atoms with Crippen LogP contribution in [0.1, 0.15) is 27.2 Å². The summed E-state index contributed by atoms with van der Waals surface area (Å²) in [6.07, 6.45) is 0.352. The van der Waals surface area contributed by atoms with Gasteiger partial charge in [0.05, 0.1) is 0 Å². The summed E-state index contributed by atoms with van der Waals surface area (Å²) in [6, 6.07) is 0. The summed E-state index contributed by atoms with van der Waals surface area (Å²) in [5.74, 6) is -0.931. The van der Waals surface area contributed by atoms with Gasteiger partial charge in [-0.05, 0) is 26.3 Å². The summed E-state index contributed by atoms with van der Waals surface area (Å²) in [6.45, 7) is 16.6. The van der Waals surface area contributed by atoms with Crippen molar-refractivity contribution < 1.29 is 9.90 Å². The van der Waals surface area contributed by atoms with E-state index in [4.69, 9.17) is 5.11 Å². The molecule has 0 heterocycles. The minimum absolute atomic E-state index is 0.322. The molecule has 0 aromatic carbocycles. The Bertz CT molecular complexity index is 341. The van der Waals surface area contributed by atoms with Crippen LogP contribution in [0.25, 0.3) is 0 Å². The van der Waals surface area contributed by atoms with Crippen molar-refractivity contribution in [3.63, 3.8) is 0 Å². The number of hydrogen-bond donors (Lipinski definition) is 1. The van der Waals surface area contributed by atoms with Crippen molar-refractivity contribution in [2.24, 2.45) is 0 Å². The lowest BCUT2D eigenvalue weighted by atomic mass is 9.93. The fourth-order valence-corrected chi connectivity index (χ4v) is 1.45. The number of carboxylic acids is 1. The Morgan fingerprint density at radius 3 is 1.67 bits per heavy atom. The van der Waals surface area contributed by atoms with E-state index in [0.29, 0.717) is 17.6 Å². The molecule has 0 atom stereocenters. The Morgan fingerprint density at radius 2 is 1.47 bits per heavy atom. The van der Waals surface area contributed by atoms with Gasteiger partial charge >= 0.3 is 5.97 Å². The third-order valence-electron chi connectivity index (χ3n) is 1.89. The normalized spacial score (nSPS) is 9.27. The molecule has 2 nitrogen and oxygen atoms in total. The van der Waals surface area contributed by atoms with Crippen molar-refractivity contribution in [3.05, 3.63) is 47.6 Å². The molecule has 0 aromatic rings. The molecule has 0 aliphatic heterocycles. The molecule has 2 heteroatoms. The molecule has 0 saturated carbocycles. The van der Waals surface area contributed by atoms with E-state index in [1.807, 2.05) is 0 Å². The van der Waals surface area contributed by atoms with Gasteiger partial charge in [-0.25, -0.2) is 4.79 Å². The number of carbonyl (C=O) groups is 1. The molecule has 0 aromatic heterocycles. The zero-order valence-electron chi connectivity index (χ0n) is 9.68. The zero-order chi connectivity index (χ0) is 12.2. The molecule has 0 unspecified atom stereocenters. The van der Waals surface area contributed by atoms with Crippen LogP contribution in [0.15, 0.2) is 47.6 Å². The molecular formula is C13H18O2. The summed E-state index contributed by atoms with van der Waals surface area (Å²) in [4.78, 5) is 11.1. The van der Waals surface area contributed by atoms with E-state index in [2.05, 4.69) is 19.7 Å². The van der Waals surface area contributed by atoms with Crippen molar-refractivity contribution >= 4 is 5.97 Å². The van der Waals surface area contributed by atoms with Gasteiger partial charge in [-0.2, -0.15) is 0 Å². The van der Waals surface area contributed by atoms with Gasteiger partial charge in [0.1, 0.15) is 0 Å². The number of allylic oxidation sites excluding steroid dienone is 4. The highest BCUT2D eigenvalue weighted by molar-refractivity contribution is 5.90. The van der Waals surface area contributed by atoms with Crippen LogP contribution in [0.5, 0.6) is 0 Å².